The number of rotatable bonds is 8. The van der Waals surface area contributed by atoms with Crippen molar-refractivity contribution in [2.24, 2.45) is 0 Å². The first-order chi connectivity index (χ1) is 15.1. The SMILES string of the molecule is COc1ccc(-c2nnc(SCC(=O)c3ccc(Cl)s3)n2C2CCCCC2)cc1OC. The molecule has 0 unspecified atom stereocenters. The number of halogens is 1. The first kappa shape index (κ1) is 22.2. The molecule has 9 heteroatoms. The zero-order chi connectivity index (χ0) is 21.8. The largest absolute Gasteiger partial charge is 0.493 e. The van der Waals surface area contributed by atoms with Gasteiger partial charge in [0.25, 0.3) is 0 Å². The number of ether oxygens (including phenoxy) is 2. The minimum absolute atomic E-state index is 0.0489. The Balaban J connectivity index is 1.64. The minimum atomic E-state index is 0.0489. The van der Waals surface area contributed by atoms with Gasteiger partial charge in [-0.05, 0) is 43.2 Å². The number of hydrogen-bond acceptors (Lipinski definition) is 7. The van der Waals surface area contributed by atoms with Crippen LogP contribution in [0.15, 0.2) is 35.5 Å². The molecule has 164 valence electrons. The monoisotopic (exact) mass is 477 g/mol. The molecule has 1 aliphatic rings. The van der Waals surface area contributed by atoms with Crippen LogP contribution >= 0.6 is 34.7 Å². The second kappa shape index (κ2) is 10.1. The summed E-state index contributed by atoms with van der Waals surface area (Å²) in [5, 5.41) is 9.75. The fourth-order valence-electron chi connectivity index (χ4n) is 3.88. The second-order valence-electron chi connectivity index (χ2n) is 7.35. The van der Waals surface area contributed by atoms with Crippen molar-refractivity contribution in [1.82, 2.24) is 14.8 Å². The lowest BCUT2D eigenvalue weighted by molar-refractivity contribution is 0.102. The highest BCUT2D eigenvalue weighted by Crippen LogP contribution is 2.38. The van der Waals surface area contributed by atoms with Gasteiger partial charge in [-0.2, -0.15) is 0 Å². The molecule has 0 aliphatic heterocycles. The summed E-state index contributed by atoms with van der Waals surface area (Å²) in [5.41, 5.74) is 0.916. The van der Waals surface area contributed by atoms with Gasteiger partial charge in [-0.15, -0.1) is 21.5 Å². The van der Waals surface area contributed by atoms with E-state index in [9.17, 15) is 4.79 Å². The molecule has 0 radical (unpaired) electrons. The van der Waals surface area contributed by atoms with E-state index in [2.05, 4.69) is 14.8 Å². The second-order valence-corrected chi connectivity index (χ2v) is 10.0. The van der Waals surface area contributed by atoms with Gasteiger partial charge in [0.05, 0.1) is 29.2 Å². The van der Waals surface area contributed by atoms with Crippen LogP contribution < -0.4 is 9.47 Å². The van der Waals surface area contributed by atoms with Crippen molar-refractivity contribution in [1.29, 1.82) is 0 Å². The lowest BCUT2D eigenvalue weighted by atomic mass is 9.95. The average molecular weight is 478 g/mol. The average Bonchev–Trinajstić information content (AvgIpc) is 3.44. The summed E-state index contributed by atoms with van der Waals surface area (Å²) in [6.45, 7) is 0. The van der Waals surface area contributed by atoms with Gasteiger partial charge in [-0.1, -0.05) is 42.6 Å². The molecule has 1 fully saturated rings. The summed E-state index contributed by atoms with van der Waals surface area (Å²) in [7, 11) is 3.24. The van der Waals surface area contributed by atoms with E-state index in [1.165, 1.54) is 42.4 Å². The number of carbonyl (C=O) groups is 1. The first-order valence-corrected chi connectivity index (χ1v) is 12.4. The van der Waals surface area contributed by atoms with E-state index in [0.717, 1.165) is 29.4 Å². The fourth-order valence-corrected chi connectivity index (χ4v) is 5.84. The van der Waals surface area contributed by atoms with Crippen LogP contribution in [0.25, 0.3) is 11.4 Å². The molecule has 0 atom stereocenters. The molecule has 1 saturated carbocycles. The number of carbonyl (C=O) groups excluding carboxylic acids is 1. The van der Waals surface area contributed by atoms with Crippen LogP contribution in [-0.4, -0.2) is 40.5 Å². The Morgan fingerprint density at radius 3 is 2.58 bits per heavy atom. The molecule has 3 aromatic rings. The molecule has 1 aliphatic carbocycles. The number of Topliss-reactive ketones (excluding diaryl/α,β-unsaturated/α-hetero) is 1. The van der Waals surface area contributed by atoms with E-state index in [1.54, 1.807) is 26.4 Å². The molecule has 0 N–H and O–H groups in total. The van der Waals surface area contributed by atoms with Crippen molar-refractivity contribution < 1.29 is 14.3 Å². The zero-order valence-corrected chi connectivity index (χ0v) is 19.9. The predicted molar refractivity (Wildman–Crippen MR) is 125 cm³/mol. The fraction of sp³-hybridized carbons (Fsp3) is 0.409. The number of nitrogens with zero attached hydrogens (tertiary/aromatic N) is 3. The summed E-state index contributed by atoms with van der Waals surface area (Å²) >= 11 is 8.72. The lowest BCUT2D eigenvalue weighted by Crippen LogP contribution is -2.15. The molecular weight excluding hydrogens is 454 g/mol. The normalized spacial score (nSPS) is 14.5. The highest BCUT2D eigenvalue weighted by Gasteiger charge is 2.25. The van der Waals surface area contributed by atoms with Crippen LogP contribution in [0.1, 0.15) is 47.8 Å². The standard InChI is InChI=1S/C22H24ClN3O3S2/c1-28-17-9-8-14(12-18(17)29-2)21-24-25-22(26(21)15-6-4-3-5-7-15)30-13-16(27)19-10-11-20(23)31-19/h8-12,15H,3-7,13H2,1-2H3. The van der Waals surface area contributed by atoms with Crippen LogP contribution in [0.5, 0.6) is 11.5 Å². The van der Waals surface area contributed by atoms with Crippen molar-refractivity contribution in [3.8, 4) is 22.9 Å². The van der Waals surface area contributed by atoms with E-state index < -0.39 is 0 Å². The van der Waals surface area contributed by atoms with E-state index in [4.69, 9.17) is 21.1 Å². The topological polar surface area (TPSA) is 66.2 Å². The quantitative estimate of drug-likeness (QED) is 0.286. The minimum Gasteiger partial charge on any atom is -0.493 e. The Morgan fingerprint density at radius 2 is 1.90 bits per heavy atom. The predicted octanol–water partition coefficient (Wildman–Crippen LogP) is 6.16. The molecule has 6 nitrogen and oxygen atoms in total. The van der Waals surface area contributed by atoms with Gasteiger partial charge < -0.3 is 9.47 Å². The maximum atomic E-state index is 12.6. The highest BCUT2D eigenvalue weighted by molar-refractivity contribution is 7.99. The summed E-state index contributed by atoms with van der Waals surface area (Å²) < 4.78 is 13.7. The Kier molecular flexibility index (Phi) is 7.20. The van der Waals surface area contributed by atoms with E-state index in [1.807, 2.05) is 18.2 Å². The maximum absolute atomic E-state index is 12.6. The molecule has 4 rings (SSSR count). The van der Waals surface area contributed by atoms with Gasteiger partial charge in [-0.3, -0.25) is 9.36 Å². The van der Waals surface area contributed by atoms with E-state index in [-0.39, 0.29) is 5.78 Å². The molecule has 0 amide bonds. The van der Waals surface area contributed by atoms with Crippen molar-refractivity contribution in [2.75, 3.05) is 20.0 Å². The van der Waals surface area contributed by atoms with Crippen LogP contribution in [0.4, 0.5) is 0 Å². The van der Waals surface area contributed by atoms with E-state index in [0.29, 0.717) is 32.5 Å². The lowest BCUT2D eigenvalue weighted by Gasteiger charge is -2.25. The van der Waals surface area contributed by atoms with Crippen LogP contribution in [-0.2, 0) is 0 Å². The first-order valence-electron chi connectivity index (χ1n) is 10.2. The number of hydrogen-bond donors (Lipinski definition) is 0. The van der Waals surface area contributed by atoms with Gasteiger partial charge in [0, 0.05) is 11.6 Å². The molecular formula is C22H24ClN3O3S2. The molecule has 0 spiro atoms. The van der Waals surface area contributed by atoms with Crippen molar-refractivity contribution in [3.05, 3.63) is 39.5 Å². The number of methoxy groups -OCH3 is 2. The van der Waals surface area contributed by atoms with Crippen molar-refractivity contribution in [2.45, 2.75) is 43.3 Å². The molecule has 31 heavy (non-hydrogen) atoms. The third kappa shape index (κ3) is 4.91. The molecule has 2 aromatic heterocycles. The van der Waals surface area contributed by atoms with E-state index >= 15 is 0 Å². The Labute approximate surface area is 194 Å². The molecule has 0 saturated heterocycles. The van der Waals surface area contributed by atoms with Gasteiger partial charge in [0.1, 0.15) is 0 Å². The summed E-state index contributed by atoms with van der Waals surface area (Å²) in [4.78, 5) is 13.3. The third-order valence-electron chi connectivity index (χ3n) is 5.43. The highest BCUT2D eigenvalue weighted by atomic mass is 35.5. The number of thiophene rings is 1. The molecule has 2 heterocycles. The number of benzene rings is 1. The Bertz CT molecular complexity index is 1060. The van der Waals surface area contributed by atoms with Gasteiger partial charge in [-0.25, -0.2) is 0 Å². The summed E-state index contributed by atoms with van der Waals surface area (Å²) in [6, 6.07) is 9.62. The molecule has 0 bridgehead atoms. The zero-order valence-electron chi connectivity index (χ0n) is 17.5. The van der Waals surface area contributed by atoms with Crippen LogP contribution in [0.2, 0.25) is 4.34 Å². The van der Waals surface area contributed by atoms with Crippen LogP contribution in [0.3, 0.4) is 0 Å². The van der Waals surface area contributed by atoms with Crippen molar-refractivity contribution in [3.63, 3.8) is 0 Å². The number of aromatic nitrogens is 3. The number of thioether (sulfide) groups is 1. The maximum Gasteiger partial charge on any atom is 0.192 e. The smallest absolute Gasteiger partial charge is 0.192 e. The molecule has 1 aromatic carbocycles. The van der Waals surface area contributed by atoms with Crippen LogP contribution in [0, 0.1) is 0 Å². The van der Waals surface area contributed by atoms with Gasteiger partial charge >= 0.3 is 0 Å². The number of ketones is 1. The Morgan fingerprint density at radius 1 is 1.13 bits per heavy atom. The van der Waals surface area contributed by atoms with Gasteiger partial charge in [0.2, 0.25) is 0 Å². The van der Waals surface area contributed by atoms with Crippen molar-refractivity contribution >= 4 is 40.5 Å². The summed E-state index contributed by atoms with van der Waals surface area (Å²) in [5.74, 6) is 2.46. The third-order valence-corrected chi connectivity index (χ3v) is 7.64. The van der Waals surface area contributed by atoms with Gasteiger partial charge in [0.15, 0.2) is 28.3 Å². The Hall–Kier alpha value is -2.03. The summed E-state index contributed by atoms with van der Waals surface area (Å²) in [6.07, 6.45) is 5.79.